The molecule has 5 N–H and O–H groups in total. The highest BCUT2D eigenvalue weighted by Gasteiger charge is 2.51. The van der Waals surface area contributed by atoms with E-state index in [4.69, 9.17) is 23.7 Å². The number of ether oxygens (including phenoxy) is 5. The van der Waals surface area contributed by atoms with E-state index < -0.39 is 61.3 Å². The number of allylic oxidation sites excluding steroid dienone is 1. The molecule has 0 aromatic carbocycles. The Morgan fingerprint density at radius 2 is 1.72 bits per heavy atom. The van der Waals surface area contributed by atoms with Gasteiger partial charge < -0.3 is 49.2 Å². The molecule has 11 heteroatoms. The maximum Gasteiger partial charge on any atom is 0.333 e. The zero-order valence-corrected chi connectivity index (χ0v) is 18.3. The van der Waals surface area contributed by atoms with E-state index in [0.29, 0.717) is 18.4 Å². The summed E-state index contributed by atoms with van der Waals surface area (Å²) in [7, 11) is 0. The number of fused-ring (bicyclic) bond motifs is 4. The first-order chi connectivity index (χ1) is 15.1. The maximum atomic E-state index is 12.2. The van der Waals surface area contributed by atoms with Crippen LogP contribution < -0.4 is 0 Å². The second kappa shape index (κ2) is 10.9. The number of aliphatic hydroxyl groups excluding tert-OH is 4. The van der Waals surface area contributed by atoms with Crippen molar-refractivity contribution < 1.29 is 54.0 Å². The number of cyclic esters (lactones) is 1. The zero-order chi connectivity index (χ0) is 23.5. The van der Waals surface area contributed by atoms with Crippen LogP contribution in [0.1, 0.15) is 33.1 Å². The highest BCUT2D eigenvalue weighted by atomic mass is 16.7. The summed E-state index contributed by atoms with van der Waals surface area (Å²) in [4.78, 5) is 12.2. The van der Waals surface area contributed by atoms with E-state index >= 15 is 0 Å². The van der Waals surface area contributed by atoms with Crippen LogP contribution in [-0.4, -0.2) is 107 Å². The van der Waals surface area contributed by atoms with Gasteiger partial charge in [0.2, 0.25) is 0 Å². The molecule has 9 atom stereocenters. The molecule has 184 valence electrons. The van der Waals surface area contributed by atoms with Crippen molar-refractivity contribution >= 4 is 5.97 Å². The Kier molecular flexibility index (Phi) is 8.64. The molecular formula is C21H34O11. The molecule has 3 aliphatic heterocycles. The van der Waals surface area contributed by atoms with Gasteiger partial charge in [-0.3, -0.25) is 0 Å². The van der Waals surface area contributed by atoms with Crippen molar-refractivity contribution in [3.8, 4) is 0 Å². The smallest absolute Gasteiger partial charge is 0.333 e. The normalized spacial score (nSPS) is 46.8. The van der Waals surface area contributed by atoms with E-state index in [-0.39, 0.29) is 25.7 Å². The lowest BCUT2D eigenvalue weighted by molar-refractivity contribution is -0.310. The molecule has 2 fully saturated rings. The van der Waals surface area contributed by atoms with E-state index in [1.807, 2.05) is 6.92 Å². The van der Waals surface area contributed by atoms with Crippen molar-refractivity contribution in [3.05, 3.63) is 11.6 Å². The van der Waals surface area contributed by atoms with Gasteiger partial charge >= 0.3 is 5.97 Å². The lowest BCUT2D eigenvalue weighted by atomic mass is 9.99. The summed E-state index contributed by atoms with van der Waals surface area (Å²) in [6.45, 7) is 2.74. The molecule has 0 spiro atoms. The molecule has 0 unspecified atom stereocenters. The van der Waals surface area contributed by atoms with Gasteiger partial charge in [0.15, 0.2) is 18.2 Å². The monoisotopic (exact) mass is 462 g/mol. The van der Waals surface area contributed by atoms with E-state index in [2.05, 4.69) is 0 Å². The molecule has 0 amide bonds. The average Bonchev–Trinajstić information content (AvgIpc) is 3.04. The molecule has 0 saturated carbocycles. The first-order valence-corrected chi connectivity index (χ1v) is 10.9. The summed E-state index contributed by atoms with van der Waals surface area (Å²) < 4.78 is 27.1. The first kappa shape index (κ1) is 25.5. The molecule has 3 aliphatic rings. The Labute approximate surface area is 186 Å². The third-order valence-corrected chi connectivity index (χ3v) is 6.18. The lowest BCUT2D eigenvalue weighted by Crippen LogP contribution is -2.59. The number of carbonyl (C=O) groups excluding carboxylic acids is 1. The zero-order valence-electron chi connectivity index (χ0n) is 18.3. The van der Waals surface area contributed by atoms with Crippen molar-refractivity contribution in [2.24, 2.45) is 5.92 Å². The molecule has 0 aromatic heterocycles. The van der Waals surface area contributed by atoms with Gasteiger partial charge in [-0.15, -0.1) is 0 Å². The van der Waals surface area contributed by atoms with Crippen LogP contribution in [0.3, 0.4) is 0 Å². The van der Waals surface area contributed by atoms with Gasteiger partial charge in [-0.2, -0.15) is 0 Å². The molecule has 11 nitrogen and oxygen atoms in total. The minimum absolute atomic E-state index is 0.247. The third-order valence-electron chi connectivity index (χ3n) is 6.18. The molecule has 32 heavy (non-hydrogen) atoms. The number of carbonyl (C=O) groups is 1. The van der Waals surface area contributed by atoms with Gasteiger partial charge in [0.05, 0.1) is 19.8 Å². The fourth-order valence-electron chi connectivity index (χ4n) is 3.81. The number of aliphatic hydroxyl groups is 5. The van der Waals surface area contributed by atoms with Gasteiger partial charge in [-0.25, -0.2) is 4.79 Å². The summed E-state index contributed by atoms with van der Waals surface area (Å²) in [6.07, 6.45) is -5.69. The minimum atomic E-state index is -1.87. The molecule has 4 bridgehead atoms. The average molecular weight is 462 g/mol. The molecule has 0 radical (unpaired) electrons. The number of rotatable bonds is 0. The SMILES string of the molecule is C/C1=C/CC[C@H](C)CCO[C@@H]2O[C@H](CO[C@@H]3OC[C@](O)(COC1=O)[C@H]3O)[C@@H](O)[C@H](O)[C@H]2O. The van der Waals surface area contributed by atoms with Crippen molar-refractivity contribution in [2.45, 2.75) is 81.8 Å². The fourth-order valence-corrected chi connectivity index (χ4v) is 3.81. The molecule has 3 rings (SSSR count). The lowest BCUT2D eigenvalue weighted by Gasteiger charge is -2.40. The predicted molar refractivity (Wildman–Crippen MR) is 107 cm³/mol. The first-order valence-electron chi connectivity index (χ1n) is 10.9. The highest BCUT2D eigenvalue weighted by molar-refractivity contribution is 5.87. The summed E-state index contributed by atoms with van der Waals surface area (Å²) in [5.41, 5.74) is -1.48. The summed E-state index contributed by atoms with van der Waals surface area (Å²) in [5, 5.41) is 51.7. The van der Waals surface area contributed by atoms with Crippen LogP contribution in [-0.2, 0) is 28.5 Å². The fraction of sp³-hybridized carbons (Fsp3) is 0.857. The van der Waals surface area contributed by atoms with Crippen LogP contribution in [0, 0.1) is 5.92 Å². The van der Waals surface area contributed by atoms with Gasteiger partial charge in [0.25, 0.3) is 0 Å². The maximum absolute atomic E-state index is 12.2. The van der Waals surface area contributed by atoms with E-state index in [1.54, 1.807) is 13.0 Å². The highest BCUT2D eigenvalue weighted by Crippen LogP contribution is 2.29. The van der Waals surface area contributed by atoms with Crippen LogP contribution in [0.15, 0.2) is 11.6 Å². The topological polar surface area (TPSA) is 164 Å². The third kappa shape index (κ3) is 5.85. The van der Waals surface area contributed by atoms with Gasteiger partial charge in [0, 0.05) is 5.57 Å². The Hall–Kier alpha value is -1.15. The molecule has 2 saturated heterocycles. The van der Waals surface area contributed by atoms with Crippen LogP contribution >= 0.6 is 0 Å². The van der Waals surface area contributed by atoms with Crippen LogP contribution in [0.2, 0.25) is 0 Å². The van der Waals surface area contributed by atoms with Gasteiger partial charge in [0.1, 0.15) is 37.1 Å². The number of hydrogen-bond donors (Lipinski definition) is 5. The largest absolute Gasteiger partial charge is 0.459 e. The van der Waals surface area contributed by atoms with Crippen LogP contribution in [0.4, 0.5) is 0 Å². The van der Waals surface area contributed by atoms with Crippen LogP contribution in [0.5, 0.6) is 0 Å². The minimum Gasteiger partial charge on any atom is -0.459 e. The summed E-state index contributed by atoms with van der Waals surface area (Å²) >= 11 is 0. The Morgan fingerprint density at radius 1 is 0.969 bits per heavy atom. The van der Waals surface area contributed by atoms with Crippen molar-refractivity contribution in [3.63, 3.8) is 0 Å². The number of hydrogen-bond acceptors (Lipinski definition) is 11. The van der Waals surface area contributed by atoms with Crippen molar-refractivity contribution in [1.82, 2.24) is 0 Å². The van der Waals surface area contributed by atoms with Crippen molar-refractivity contribution in [2.75, 3.05) is 26.4 Å². The van der Waals surface area contributed by atoms with E-state index in [0.717, 1.165) is 6.42 Å². The van der Waals surface area contributed by atoms with Crippen LogP contribution in [0.25, 0.3) is 0 Å². The summed E-state index contributed by atoms with van der Waals surface area (Å²) in [6, 6.07) is 0. The molecular weight excluding hydrogens is 428 g/mol. The molecule has 0 aliphatic carbocycles. The number of esters is 1. The van der Waals surface area contributed by atoms with E-state index in [9.17, 15) is 30.3 Å². The second-order valence-corrected chi connectivity index (χ2v) is 8.88. The van der Waals surface area contributed by atoms with Gasteiger partial charge in [-0.05, 0) is 32.1 Å². The predicted octanol–water partition coefficient (Wildman–Crippen LogP) is -1.41. The molecule has 3 heterocycles. The second-order valence-electron chi connectivity index (χ2n) is 8.88. The standard InChI is InChI=1S/C21H34O11/c1-11-4-3-5-12(2)18(26)30-9-21(27)10-31-20(17(21)25)29-8-13-14(22)15(23)16(24)19(32-13)28-7-6-11/h5,11,13-17,19-20,22-25,27H,3-4,6-10H2,1-2H3/b12-5-/t11-,13+,14+,15-,16+,17-,19+,20+,21+/m0/s1. The Balaban J connectivity index is 1.73. The van der Waals surface area contributed by atoms with Gasteiger partial charge in [-0.1, -0.05) is 13.0 Å². The summed E-state index contributed by atoms with van der Waals surface area (Å²) in [5.74, 6) is -0.353. The quantitative estimate of drug-likeness (QED) is 0.269. The van der Waals surface area contributed by atoms with E-state index in [1.165, 1.54) is 0 Å². The Morgan fingerprint density at radius 3 is 2.47 bits per heavy atom. The van der Waals surface area contributed by atoms with Crippen molar-refractivity contribution in [1.29, 1.82) is 0 Å². The molecule has 0 aromatic rings. The Bertz CT molecular complexity index is 670.